The standard InChI is InChI=1S/C19H34BrN5/c1-6-21-19(24(5)14-18-10-17(20)13-23(18)4)22-11-16-8-7-9-25(12-16)15(2)3/h10,13,15-16H,6-9,11-12,14H2,1-5H3,(H,21,22). The Labute approximate surface area is 161 Å². The third-order valence-electron chi connectivity index (χ3n) is 4.95. The summed E-state index contributed by atoms with van der Waals surface area (Å²) in [5.74, 6) is 1.67. The van der Waals surface area contributed by atoms with Gasteiger partial charge in [-0.05, 0) is 68.1 Å². The van der Waals surface area contributed by atoms with Crippen LogP contribution in [0.5, 0.6) is 0 Å². The maximum absolute atomic E-state index is 4.95. The molecule has 1 aromatic rings. The fourth-order valence-corrected chi connectivity index (χ4v) is 4.01. The van der Waals surface area contributed by atoms with Crippen LogP contribution in [-0.4, -0.2) is 59.6 Å². The Morgan fingerprint density at radius 1 is 1.48 bits per heavy atom. The van der Waals surface area contributed by atoms with Gasteiger partial charge in [-0.2, -0.15) is 0 Å². The first-order chi connectivity index (χ1) is 11.9. The molecule has 0 saturated carbocycles. The zero-order valence-electron chi connectivity index (χ0n) is 16.4. The minimum Gasteiger partial charge on any atom is -0.357 e. The first-order valence-electron chi connectivity index (χ1n) is 9.45. The number of hydrogen-bond donors (Lipinski definition) is 1. The van der Waals surface area contributed by atoms with Crippen molar-refractivity contribution in [2.24, 2.45) is 18.0 Å². The van der Waals surface area contributed by atoms with Crippen molar-refractivity contribution in [2.75, 3.05) is 33.2 Å². The lowest BCUT2D eigenvalue weighted by molar-refractivity contribution is 0.143. The summed E-state index contributed by atoms with van der Waals surface area (Å²) in [6.07, 6.45) is 4.68. The Kier molecular flexibility index (Phi) is 7.81. The minimum atomic E-state index is 0.637. The lowest BCUT2D eigenvalue weighted by Gasteiger charge is -2.35. The van der Waals surface area contributed by atoms with Crippen molar-refractivity contribution in [3.05, 3.63) is 22.4 Å². The zero-order valence-corrected chi connectivity index (χ0v) is 18.0. The van der Waals surface area contributed by atoms with E-state index in [4.69, 9.17) is 4.99 Å². The van der Waals surface area contributed by atoms with Gasteiger partial charge >= 0.3 is 0 Å². The molecule has 1 fully saturated rings. The molecule has 1 aliphatic heterocycles. The number of halogens is 1. The summed E-state index contributed by atoms with van der Waals surface area (Å²) in [7, 11) is 4.20. The van der Waals surface area contributed by atoms with Gasteiger partial charge in [0.05, 0.1) is 6.54 Å². The summed E-state index contributed by atoms with van der Waals surface area (Å²) in [5, 5.41) is 3.44. The van der Waals surface area contributed by atoms with E-state index in [-0.39, 0.29) is 0 Å². The molecule has 2 heterocycles. The van der Waals surface area contributed by atoms with E-state index in [0.717, 1.165) is 30.1 Å². The van der Waals surface area contributed by atoms with Crippen LogP contribution in [0, 0.1) is 5.92 Å². The molecule has 6 heteroatoms. The molecule has 1 unspecified atom stereocenters. The minimum absolute atomic E-state index is 0.637. The number of aryl methyl sites for hydroxylation is 1. The molecule has 142 valence electrons. The van der Waals surface area contributed by atoms with Crippen molar-refractivity contribution in [2.45, 2.75) is 46.2 Å². The van der Waals surface area contributed by atoms with E-state index < -0.39 is 0 Å². The summed E-state index contributed by atoms with van der Waals surface area (Å²) < 4.78 is 3.28. The van der Waals surface area contributed by atoms with Crippen LogP contribution in [-0.2, 0) is 13.6 Å². The van der Waals surface area contributed by atoms with Gasteiger partial charge in [0.2, 0.25) is 0 Å². The molecule has 0 amide bonds. The molecular formula is C19H34BrN5. The van der Waals surface area contributed by atoms with Gasteiger partial charge in [0.15, 0.2) is 5.96 Å². The second-order valence-corrected chi connectivity index (χ2v) is 8.32. The van der Waals surface area contributed by atoms with Crippen LogP contribution in [0.2, 0.25) is 0 Å². The summed E-state index contributed by atoms with van der Waals surface area (Å²) in [6.45, 7) is 11.8. The normalized spacial score (nSPS) is 19.5. The fraction of sp³-hybridized carbons (Fsp3) is 0.737. The molecular weight excluding hydrogens is 378 g/mol. The van der Waals surface area contributed by atoms with Gasteiger partial charge in [0, 0.05) is 56.1 Å². The van der Waals surface area contributed by atoms with E-state index in [0.29, 0.717) is 12.0 Å². The summed E-state index contributed by atoms with van der Waals surface area (Å²) in [6, 6.07) is 2.81. The predicted octanol–water partition coefficient (Wildman–Crippen LogP) is 3.31. The number of aromatic nitrogens is 1. The molecule has 5 nitrogen and oxygen atoms in total. The maximum atomic E-state index is 4.95. The van der Waals surface area contributed by atoms with Crippen molar-refractivity contribution in [3.63, 3.8) is 0 Å². The molecule has 25 heavy (non-hydrogen) atoms. The van der Waals surface area contributed by atoms with Crippen molar-refractivity contribution in [1.29, 1.82) is 0 Å². The van der Waals surface area contributed by atoms with Crippen molar-refractivity contribution < 1.29 is 0 Å². The Morgan fingerprint density at radius 2 is 2.24 bits per heavy atom. The number of likely N-dealkylation sites (tertiary alicyclic amines) is 1. The highest BCUT2D eigenvalue weighted by atomic mass is 79.9. The molecule has 0 bridgehead atoms. The van der Waals surface area contributed by atoms with Crippen LogP contribution in [0.25, 0.3) is 0 Å². The van der Waals surface area contributed by atoms with E-state index in [1.54, 1.807) is 0 Å². The zero-order chi connectivity index (χ0) is 18.4. The van der Waals surface area contributed by atoms with E-state index in [9.17, 15) is 0 Å². The van der Waals surface area contributed by atoms with Crippen LogP contribution in [0.4, 0.5) is 0 Å². The number of rotatable bonds is 6. The number of hydrogen-bond acceptors (Lipinski definition) is 2. The number of guanidine groups is 1. The second kappa shape index (κ2) is 9.62. The molecule has 1 atom stereocenters. The molecule has 1 saturated heterocycles. The lowest BCUT2D eigenvalue weighted by atomic mass is 9.97. The largest absolute Gasteiger partial charge is 0.357 e. The summed E-state index contributed by atoms with van der Waals surface area (Å²) in [5.41, 5.74) is 1.27. The van der Waals surface area contributed by atoms with Crippen molar-refractivity contribution in [1.82, 2.24) is 19.7 Å². The Bertz CT molecular complexity index is 566. The van der Waals surface area contributed by atoms with E-state index in [1.807, 2.05) is 0 Å². The third kappa shape index (κ3) is 6.03. The van der Waals surface area contributed by atoms with Crippen molar-refractivity contribution in [3.8, 4) is 0 Å². The molecule has 1 N–H and O–H groups in total. The van der Waals surface area contributed by atoms with Crippen molar-refractivity contribution >= 4 is 21.9 Å². The van der Waals surface area contributed by atoms with E-state index in [1.165, 1.54) is 31.6 Å². The predicted molar refractivity (Wildman–Crippen MR) is 110 cm³/mol. The second-order valence-electron chi connectivity index (χ2n) is 7.41. The maximum Gasteiger partial charge on any atom is 0.194 e. The molecule has 1 aromatic heterocycles. The molecule has 0 aromatic carbocycles. The highest BCUT2D eigenvalue weighted by molar-refractivity contribution is 9.10. The Hall–Kier alpha value is -1.01. The number of nitrogens with one attached hydrogen (secondary N) is 1. The van der Waals surface area contributed by atoms with Crippen LogP contribution >= 0.6 is 15.9 Å². The van der Waals surface area contributed by atoms with Gasteiger partial charge in [-0.3, -0.25) is 4.99 Å². The number of nitrogens with zero attached hydrogens (tertiary/aromatic N) is 4. The van der Waals surface area contributed by atoms with Gasteiger partial charge in [0.1, 0.15) is 0 Å². The quantitative estimate of drug-likeness (QED) is 0.575. The highest BCUT2D eigenvalue weighted by Gasteiger charge is 2.21. The van der Waals surface area contributed by atoms with Gasteiger partial charge in [-0.15, -0.1) is 0 Å². The summed E-state index contributed by atoms with van der Waals surface area (Å²) in [4.78, 5) is 9.75. The fourth-order valence-electron chi connectivity index (χ4n) is 3.44. The molecule has 0 radical (unpaired) electrons. The molecule has 2 rings (SSSR count). The number of piperidine rings is 1. The van der Waals surface area contributed by atoms with Gasteiger partial charge in [-0.1, -0.05) is 0 Å². The topological polar surface area (TPSA) is 35.8 Å². The van der Waals surface area contributed by atoms with E-state index >= 15 is 0 Å². The Morgan fingerprint density at radius 3 is 2.84 bits per heavy atom. The SMILES string of the molecule is CCNC(=NCC1CCCN(C(C)C)C1)N(C)Cc1cc(Br)cn1C. The van der Waals surface area contributed by atoms with Crippen LogP contribution in [0.1, 0.15) is 39.3 Å². The average Bonchev–Trinajstić information content (AvgIpc) is 2.88. The smallest absolute Gasteiger partial charge is 0.194 e. The lowest BCUT2D eigenvalue weighted by Crippen LogP contribution is -2.42. The van der Waals surface area contributed by atoms with Crippen LogP contribution in [0.3, 0.4) is 0 Å². The first kappa shape index (κ1) is 20.3. The van der Waals surface area contributed by atoms with Gasteiger partial charge in [-0.25, -0.2) is 0 Å². The molecule has 0 spiro atoms. The average molecular weight is 412 g/mol. The first-order valence-corrected chi connectivity index (χ1v) is 10.2. The molecule has 1 aliphatic rings. The van der Waals surface area contributed by atoms with Crippen LogP contribution in [0.15, 0.2) is 21.7 Å². The summed E-state index contributed by atoms with van der Waals surface area (Å²) >= 11 is 3.55. The molecule has 0 aliphatic carbocycles. The van der Waals surface area contributed by atoms with E-state index in [2.05, 4.69) is 82.7 Å². The van der Waals surface area contributed by atoms with Crippen LogP contribution < -0.4 is 5.32 Å². The number of aliphatic imine (C=N–C) groups is 1. The van der Waals surface area contributed by atoms with Gasteiger partial charge in [0.25, 0.3) is 0 Å². The monoisotopic (exact) mass is 411 g/mol. The Balaban J connectivity index is 1.98. The third-order valence-corrected chi connectivity index (χ3v) is 5.38. The van der Waals surface area contributed by atoms with Gasteiger partial charge < -0.3 is 19.7 Å². The highest BCUT2D eigenvalue weighted by Crippen LogP contribution is 2.19.